The molecule has 0 atom stereocenters. The average Bonchev–Trinajstić information content (AvgIpc) is 2.40. The van der Waals surface area contributed by atoms with E-state index in [1.54, 1.807) is 0 Å². The fraction of sp³-hybridized carbons (Fsp3) is 0.692. The van der Waals surface area contributed by atoms with Gasteiger partial charge >= 0.3 is 11.9 Å². The van der Waals surface area contributed by atoms with E-state index in [1.807, 2.05) is 6.92 Å². The van der Waals surface area contributed by atoms with Gasteiger partial charge in [-0.3, -0.25) is 4.79 Å². The molecule has 0 spiro atoms. The summed E-state index contributed by atoms with van der Waals surface area (Å²) in [5, 5.41) is 0. The van der Waals surface area contributed by atoms with E-state index in [0.717, 1.165) is 12.5 Å². The van der Waals surface area contributed by atoms with Crippen molar-refractivity contribution >= 4 is 11.9 Å². The molecule has 0 saturated carbocycles. The summed E-state index contributed by atoms with van der Waals surface area (Å²) < 4.78 is 19.9. The topological polar surface area (TPSA) is 71.1 Å². The summed E-state index contributed by atoms with van der Waals surface area (Å²) in [6.07, 6.45) is 2.32. The number of hydrogen-bond acceptors (Lipinski definition) is 6. The van der Waals surface area contributed by atoms with E-state index in [4.69, 9.17) is 18.9 Å². The van der Waals surface area contributed by atoms with Gasteiger partial charge in [0.15, 0.2) is 0 Å². The van der Waals surface area contributed by atoms with Gasteiger partial charge in [-0.2, -0.15) is 0 Å². The first-order valence-corrected chi connectivity index (χ1v) is 6.31. The summed E-state index contributed by atoms with van der Waals surface area (Å²) in [5.41, 5.74) is 0. The summed E-state index contributed by atoms with van der Waals surface area (Å²) in [7, 11) is 0. The lowest BCUT2D eigenvalue weighted by atomic mass is 10.3. The van der Waals surface area contributed by atoms with Crippen molar-refractivity contribution < 1.29 is 28.5 Å². The van der Waals surface area contributed by atoms with Crippen LogP contribution in [0.15, 0.2) is 12.7 Å². The van der Waals surface area contributed by atoms with E-state index < -0.39 is 5.97 Å². The third-order valence-electron chi connectivity index (χ3n) is 1.96. The van der Waals surface area contributed by atoms with E-state index in [9.17, 15) is 9.59 Å². The lowest BCUT2D eigenvalue weighted by Crippen LogP contribution is -2.14. The predicted molar refractivity (Wildman–Crippen MR) is 68.7 cm³/mol. The standard InChI is InChI=1S/C13H22O6/c1-3-5-13(15)19-11-9-17-7-6-16-8-10-18-12(14)4-2/h4H,2-3,5-11H2,1H3. The van der Waals surface area contributed by atoms with Gasteiger partial charge < -0.3 is 18.9 Å². The second kappa shape index (κ2) is 13.0. The third-order valence-corrected chi connectivity index (χ3v) is 1.96. The third kappa shape index (κ3) is 12.8. The summed E-state index contributed by atoms with van der Waals surface area (Å²) in [6, 6.07) is 0. The van der Waals surface area contributed by atoms with Gasteiger partial charge in [-0.05, 0) is 6.42 Å². The molecule has 0 bridgehead atoms. The minimum atomic E-state index is -0.464. The van der Waals surface area contributed by atoms with Crippen molar-refractivity contribution in [2.24, 2.45) is 0 Å². The molecule has 0 rings (SSSR count). The number of rotatable bonds is 12. The Morgan fingerprint density at radius 2 is 1.47 bits per heavy atom. The van der Waals surface area contributed by atoms with E-state index in [2.05, 4.69) is 6.58 Å². The summed E-state index contributed by atoms with van der Waals surface area (Å²) in [5.74, 6) is -0.667. The highest BCUT2D eigenvalue weighted by molar-refractivity contribution is 5.81. The van der Waals surface area contributed by atoms with Crippen LogP contribution in [-0.2, 0) is 28.5 Å². The molecule has 0 fully saturated rings. The minimum absolute atomic E-state index is 0.194. The molecule has 0 aromatic carbocycles. The zero-order valence-corrected chi connectivity index (χ0v) is 11.4. The quantitative estimate of drug-likeness (QED) is 0.301. The zero-order valence-electron chi connectivity index (χ0n) is 11.4. The molecule has 0 aromatic rings. The molecule has 19 heavy (non-hydrogen) atoms. The Bertz CT molecular complexity index is 264. The second-order valence-electron chi connectivity index (χ2n) is 3.57. The molecule has 0 aromatic heterocycles. The van der Waals surface area contributed by atoms with Crippen molar-refractivity contribution in [1.29, 1.82) is 0 Å². The number of carbonyl (C=O) groups excluding carboxylic acids is 2. The Kier molecular flexibility index (Phi) is 12.1. The van der Waals surface area contributed by atoms with Crippen molar-refractivity contribution in [3.8, 4) is 0 Å². The molecular formula is C13H22O6. The van der Waals surface area contributed by atoms with Gasteiger partial charge in [0.2, 0.25) is 0 Å². The molecule has 6 heteroatoms. The van der Waals surface area contributed by atoms with Crippen LogP contribution in [0, 0.1) is 0 Å². The van der Waals surface area contributed by atoms with Crippen LogP contribution < -0.4 is 0 Å². The van der Waals surface area contributed by atoms with Crippen LogP contribution in [0.2, 0.25) is 0 Å². The van der Waals surface area contributed by atoms with E-state index in [0.29, 0.717) is 32.8 Å². The smallest absolute Gasteiger partial charge is 0.330 e. The summed E-state index contributed by atoms with van der Waals surface area (Å²) >= 11 is 0. The van der Waals surface area contributed by atoms with Gasteiger partial charge in [-0.15, -0.1) is 0 Å². The average molecular weight is 274 g/mol. The Balaban J connectivity index is 3.13. The van der Waals surface area contributed by atoms with Gasteiger partial charge in [0.25, 0.3) is 0 Å². The minimum Gasteiger partial charge on any atom is -0.463 e. The van der Waals surface area contributed by atoms with Gasteiger partial charge in [0, 0.05) is 12.5 Å². The summed E-state index contributed by atoms with van der Waals surface area (Å²) in [6.45, 7) is 7.11. The first-order chi connectivity index (χ1) is 9.20. The fourth-order valence-corrected chi connectivity index (χ4v) is 1.07. The van der Waals surface area contributed by atoms with Crippen molar-refractivity contribution in [2.45, 2.75) is 19.8 Å². The fourth-order valence-electron chi connectivity index (χ4n) is 1.07. The van der Waals surface area contributed by atoms with Crippen LogP contribution in [0.5, 0.6) is 0 Å². The number of hydrogen-bond donors (Lipinski definition) is 0. The van der Waals surface area contributed by atoms with Crippen LogP contribution in [0.1, 0.15) is 19.8 Å². The Morgan fingerprint density at radius 3 is 2.00 bits per heavy atom. The van der Waals surface area contributed by atoms with Crippen LogP contribution >= 0.6 is 0 Å². The zero-order chi connectivity index (χ0) is 14.3. The van der Waals surface area contributed by atoms with Gasteiger partial charge in [0.1, 0.15) is 13.2 Å². The lowest BCUT2D eigenvalue weighted by molar-refractivity contribution is -0.145. The van der Waals surface area contributed by atoms with Gasteiger partial charge in [-0.1, -0.05) is 13.5 Å². The van der Waals surface area contributed by atoms with Crippen LogP contribution in [-0.4, -0.2) is 51.6 Å². The van der Waals surface area contributed by atoms with Crippen molar-refractivity contribution in [3.63, 3.8) is 0 Å². The lowest BCUT2D eigenvalue weighted by Gasteiger charge is -2.06. The molecule has 0 aliphatic carbocycles. The molecule has 0 aliphatic heterocycles. The maximum absolute atomic E-state index is 11.0. The highest BCUT2D eigenvalue weighted by Gasteiger charge is 1.99. The first-order valence-electron chi connectivity index (χ1n) is 6.31. The molecule has 0 saturated heterocycles. The van der Waals surface area contributed by atoms with Crippen LogP contribution in [0.3, 0.4) is 0 Å². The van der Waals surface area contributed by atoms with E-state index in [-0.39, 0.29) is 19.2 Å². The number of ether oxygens (including phenoxy) is 4. The second-order valence-corrected chi connectivity index (χ2v) is 3.57. The Morgan fingerprint density at radius 1 is 0.947 bits per heavy atom. The first kappa shape index (κ1) is 17.6. The predicted octanol–water partition coefficient (Wildman–Crippen LogP) is 1.09. The molecule has 0 heterocycles. The van der Waals surface area contributed by atoms with Crippen molar-refractivity contribution in [3.05, 3.63) is 12.7 Å². The van der Waals surface area contributed by atoms with Gasteiger partial charge in [-0.25, -0.2) is 4.79 Å². The molecule has 0 unspecified atom stereocenters. The molecule has 0 radical (unpaired) electrons. The van der Waals surface area contributed by atoms with Crippen molar-refractivity contribution in [1.82, 2.24) is 0 Å². The number of carbonyl (C=O) groups is 2. The molecule has 110 valence electrons. The normalized spacial score (nSPS) is 9.95. The monoisotopic (exact) mass is 274 g/mol. The molecule has 0 aliphatic rings. The molecular weight excluding hydrogens is 252 g/mol. The number of esters is 2. The largest absolute Gasteiger partial charge is 0.463 e. The van der Waals surface area contributed by atoms with Crippen LogP contribution in [0.25, 0.3) is 0 Å². The maximum atomic E-state index is 11.0. The molecule has 6 nitrogen and oxygen atoms in total. The SMILES string of the molecule is C=CC(=O)OCCOCCOCCOC(=O)CCC. The highest BCUT2D eigenvalue weighted by atomic mass is 16.6. The maximum Gasteiger partial charge on any atom is 0.330 e. The Labute approximate surface area is 113 Å². The van der Waals surface area contributed by atoms with E-state index in [1.165, 1.54) is 0 Å². The van der Waals surface area contributed by atoms with Crippen LogP contribution in [0.4, 0.5) is 0 Å². The van der Waals surface area contributed by atoms with Crippen molar-refractivity contribution in [2.75, 3.05) is 39.6 Å². The highest BCUT2D eigenvalue weighted by Crippen LogP contribution is 1.91. The molecule has 0 amide bonds. The summed E-state index contributed by atoms with van der Waals surface area (Å²) in [4.78, 5) is 21.6. The van der Waals surface area contributed by atoms with Gasteiger partial charge in [0.05, 0.1) is 26.4 Å². The van der Waals surface area contributed by atoms with E-state index >= 15 is 0 Å². The Hall–Kier alpha value is -1.40. The molecule has 0 N–H and O–H groups in total.